The number of fused-ring (bicyclic) bond motifs is 1. The largest absolute Gasteiger partial charge is 0.460 e. The minimum atomic E-state index is -0.458. The zero-order chi connectivity index (χ0) is 24.4. The number of para-hydroxylation sites is 1. The Morgan fingerprint density at radius 1 is 0.882 bits per heavy atom. The van der Waals surface area contributed by atoms with Gasteiger partial charge in [0.15, 0.2) is 0 Å². The van der Waals surface area contributed by atoms with Crippen LogP contribution in [0.15, 0.2) is 60.2 Å². The number of carbonyl (C=O) groups is 1. The van der Waals surface area contributed by atoms with Crippen LogP contribution >= 0.6 is 46.4 Å². The molecule has 1 atom stereocenters. The van der Waals surface area contributed by atoms with Crippen LogP contribution in [0.4, 0.5) is 0 Å². The summed E-state index contributed by atoms with van der Waals surface area (Å²) in [7, 11) is 0. The lowest BCUT2D eigenvalue weighted by Crippen LogP contribution is -2.25. The first-order valence-corrected chi connectivity index (χ1v) is 12.3. The molecule has 1 aliphatic rings. The minimum absolute atomic E-state index is 0.00399. The standard InChI is InChI=1S/C27H22Cl4O3/c1-15(2)22(17-12-20-21(13-17)24(29)26(31)25(30)23(20)28)27(32)33-14-16-7-6-10-19(11-16)34-18-8-4-3-5-9-18/h3-12,15,22H,13-14H2,1-2H3. The first kappa shape index (κ1) is 24.9. The fourth-order valence-corrected chi connectivity index (χ4v) is 5.10. The normalized spacial score (nSPS) is 13.4. The van der Waals surface area contributed by atoms with Crippen LogP contribution in [0.2, 0.25) is 20.1 Å². The van der Waals surface area contributed by atoms with Gasteiger partial charge in [-0.3, -0.25) is 4.79 Å². The van der Waals surface area contributed by atoms with Crippen molar-refractivity contribution in [2.45, 2.75) is 26.9 Å². The number of hydrogen-bond acceptors (Lipinski definition) is 3. The van der Waals surface area contributed by atoms with Gasteiger partial charge in [0.05, 0.1) is 26.0 Å². The summed E-state index contributed by atoms with van der Waals surface area (Å²) in [5.74, 6) is 0.645. The highest BCUT2D eigenvalue weighted by Gasteiger charge is 2.33. The number of carbonyl (C=O) groups excluding carboxylic acids is 1. The molecular weight excluding hydrogens is 514 g/mol. The Morgan fingerprint density at radius 2 is 1.56 bits per heavy atom. The van der Waals surface area contributed by atoms with Crippen molar-refractivity contribution in [3.8, 4) is 11.5 Å². The highest BCUT2D eigenvalue weighted by atomic mass is 35.5. The molecule has 3 aromatic rings. The molecule has 176 valence electrons. The van der Waals surface area contributed by atoms with Crippen LogP contribution in [0.5, 0.6) is 11.5 Å². The second-order valence-corrected chi connectivity index (χ2v) is 9.95. The molecule has 0 aliphatic heterocycles. The van der Waals surface area contributed by atoms with Gasteiger partial charge in [0, 0.05) is 0 Å². The number of rotatable bonds is 7. The number of esters is 1. The fraction of sp³-hybridized carbons (Fsp3) is 0.222. The van der Waals surface area contributed by atoms with Crippen LogP contribution in [-0.2, 0) is 22.6 Å². The van der Waals surface area contributed by atoms with Crippen molar-refractivity contribution in [3.63, 3.8) is 0 Å². The molecule has 34 heavy (non-hydrogen) atoms. The van der Waals surface area contributed by atoms with E-state index in [1.807, 2.05) is 74.5 Å². The maximum atomic E-state index is 13.2. The van der Waals surface area contributed by atoms with Crippen molar-refractivity contribution in [2.75, 3.05) is 0 Å². The SMILES string of the molecule is CC(C)C(C(=O)OCc1cccc(Oc2ccccc2)c1)C1=Cc2c(Cl)c(Cl)c(Cl)c(Cl)c2C1. The molecular formula is C27H22Cl4O3. The summed E-state index contributed by atoms with van der Waals surface area (Å²) in [6, 6.07) is 17.0. The lowest BCUT2D eigenvalue weighted by molar-refractivity contribution is -0.149. The topological polar surface area (TPSA) is 35.5 Å². The lowest BCUT2D eigenvalue weighted by atomic mass is 9.87. The van der Waals surface area contributed by atoms with Crippen LogP contribution in [0.3, 0.4) is 0 Å². The molecule has 0 amide bonds. The maximum absolute atomic E-state index is 13.2. The number of benzene rings is 3. The number of hydrogen-bond donors (Lipinski definition) is 0. The molecule has 1 aliphatic carbocycles. The first-order valence-electron chi connectivity index (χ1n) is 10.8. The van der Waals surface area contributed by atoms with E-state index in [1.165, 1.54) is 0 Å². The number of ether oxygens (including phenoxy) is 2. The summed E-state index contributed by atoms with van der Waals surface area (Å²) in [5.41, 5.74) is 3.19. The molecule has 7 heteroatoms. The molecule has 0 fully saturated rings. The average Bonchev–Trinajstić information content (AvgIpc) is 3.26. The van der Waals surface area contributed by atoms with Crippen molar-refractivity contribution >= 4 is 58.4 Å². The van der Waals surface area contributed by atoms with E-state index in [0.29, 0.717) is 27.8 Å². The molecule has 0 radical (unpaired) electrons. The van der Waals surface area contributed by atoms with E-state index >= 15 is 0 Å². The highest BCUT2D eigenvalue weighted by molar-refractivity contribution is 6.52. The Balaban J connectivity index is 1.48. The summed E-state index contributed by atoms with van der Waals surface area (Å²) in [6.07, 6.45) is 2.34. The number of halogens is 4. The van der Waals surface area contributed by atoms with Gasteiger partial charge >= 0.3 is 5.97 Å². The molecule has 0 spiro atoms. The molecule has 4 rings (SSSR count). The summed E-state index contributed by atoms with van der Waals surface area (Å²) in [4.78, 5) is 13.2. The Morgan fingerprint density at radius 3 is 2.26 bits per heavy atom. The summed E-state index contributed by atoms with van der Waals surface area (Å²) in [5, 5.41) is 1.14. The molecule has 0 N–H and O–H groups in total. The van der Waals surface area contributed by atoms with E-state index < -0.39 is 5.92 Å². The zero-order valence-corrected chi connectivity index (χ0v) is 21.6. The van der Waals surface area contributed by atoms with Crippen LogP contribution in [0, 0.1) is 11.8 Å². The quantitative estimate of drug-likeness (QED) is 0.172. The molecule has 1 unspecified atom stereocenters. The first-order chi connectivity index (χ1) is 16.3. The third-order valence-electron chi connectivity index (χ3n) is 5.69. The van der Waals surface area contributed by atoms with Gasteiger partial charge in [0.1, 0.15) is 18.1 Å². The van der Waals surface area contributed by atoms with Crippen molar-refractivity contribution < 1.29 is 14.3 Å². The molecule has 3 aromatic carbocycles. The van der Waals surface area contributed by atoms with Gasteiger partial charge < -0.3 is 9.47 Å². The van der Waals surface area contributed by atoms with Crippen molar-refractivity contribution in [3.05, 3.63) is 97.0 Å². The van der Waals surface area contributed by atoms with Crippen LogP contribution in [-0.4, -0.2) is 5.97 Å². The van der Waals surface area contributed by atoms with Crippen molar-refractivity contribution in [1.82, 2.24) is 0 Å². The van der Waals surface area contributed by atoms with E-state index in [0.717, 1.165) is 22.4 Å². The van der Waals surface area contributed by atoms with E-state index in [-0.39, 0.29) is 28.5 Å². The van der Waals surface area contributed by atoms with E-state index in [9.17, 15) is 4.79 Å². The van der Waals surface area contributed by atoms with Crippen molar-refractivity contribution in [1.29, 1.82) is 0 Å². The Hall–Kier alpha value is -2.17. The van der Waals surface area contributed by atoms with Gasteiger partial charge in [-0.2, -0.15) is 0 Å². The molecule has 0 bridgehead atoms. The van der Waals surface area contributed by atoms with Crippen LogP contribution < -0.4 is 4.74 Å². The molecule has 0 saturated heterocycles. The predicted molar refractivity (Wildman–Crippen MR) is 139 cm³/mol. The molecule has 3 nitrogen and oxygen atoms in total. The summed E-state index contributed by atoms with van der Waals surface area (Å²) in [6.45, 7) is 4.09. The monoisotopic (exact) mass is 534 g/mol. The molecule has 0 saturated carbocycles. The third kappa shape index (κ3) is 5.23. The Kier molecular flexibility index (Phi) is 7.79. The van der Waals surface area contributed by atoms with Gasteiger partial charge in [0.2, 0.25) is 0 Å². The molecule has 0 heterocycles. The zero-order valence-electron chi connectivity index (χ0n) is 18.6. The second-order valence-electron chi connectivity index (χ2n) is 8.44. The van der Waals surface area contributed by atoms with Gasteiger partial charge in [0.25, 0.3) is 0 Å². The summed E-state index contributed by atoms with van der Waals surface area (Å²) < 4.78 is 11.6. The highest BCUT2D eigenvalue weighted by Crippen LogP contribution is 2.47. The Labute approximate surface area is 219 Å². The molecule has 0 aromatic heterocycles. The lowest BCUT2D eigenvalue weighted by Gasteiger charge is -2.21. The van der Waals surface area contributed by atoms with Gasteiger partial charge in [-0.15, -0.1) is 0 Å². The van der Waals surface area contributed by atoms with Crippen LogP contribution in [0.25, 0.3) is 6.08 Å². The van der Waals surface area contributed by atoms with Gasteiger partial charge in [-0.25, -0.2) is 0 Å². The van der Waals surface area contributed by atoms with E-state index in [4.69, 9.17) is 55.9 Å². The van der Waals surface area contributed by atoms with Gasteiger partial charge in [-0.05, 0) is 53.3 Å². The van der Waals surface area contributed by atoms with Gasteiger partial charge in [-0.1, -0.05) is 102 Å². The fourth-order valence-electron chi connectivity index (χ4n) is 4.08. The van der Waals surface area contributed by atoms with E-state index in [2.05, 4.69) is 0 Å². The van der Waals surface area contributed by atoms with Crippen molar-refractivity contribution in [2.24, 2.45) is 11.8 Å². The van der Waals surface area contributed by atoms with Crippen LogP contribution in [0.1, 0.15) is 30.5 Å². The van der Waals surface area contributed by atoms with E-state index in [1.54, 1.807) is 0 Å². The minimum Gasteiger partial charge on any atom is -0.460 e. The second kappa shape index (κ2) is 10.6. The third-order valence-corrected chi connectivity index (χ3v) is 7.55. The Bertz CT molecular complexity index is 1250. The smallest absolute Gasteiger partial charge is 0.313 e. The summed E-state index contributed by atoms with van der Waals surface area (Å²) >= 11 is 25.3. The predicted octanol–water partition coefficient (Wildman–Crippen LogP) is 9.05. The maximum Gasteiger partial charge on any atom is 0.313 e. The average molecular weight is 536 g/mol.